The van der Waals surface area contributed by atoms with Gasteiger partial charge in [-0.2, -0.15) is 17.7 Å². The second-order valence-corrected chi connectivity index (χ2v) is 9.38. The smallest absolute Gasteiger partial charge is 0.423 e. The number of Topliss-reactive ketones (excluding diaryl/α,β-unsaturated/α-hetero) is 1. The van der Waals surface area contributed by atoms with Crippen molar-refractivity contribution in [1.29, 1.82) is 0 Å². The summed E-state index contributed by atoms with van der Waals surface area (Å²) in [6, 6.07) is 13.8. The van der Waals surface area contributed by atoms with E-state index in [2.05, 4.69) is 19.9 Å². The Hall–Kier alpha value is -4.79. The number of carbonyl (C=O) groups excluding carboxylic acids is 3. The molecule has 0 bridgehead atoms. The van der Waals surface area contributed by atoms with E-state index < -0.39 is 33.6 Å². The summed E-state index contributed by atoms with van der Waals surface area (Å²) in [5, 5.41) is 0. The van der Waals surface area contributed by atoms with Gasteiger partial charge in [0.25, 0.3) is 15.9 Å². The van der Waals surface area contributed by atoms with Gasteiger partial charge in [0, 0.05) is 23.8 Å². The fraction of sp³-hybridized carbons (Fsp3) is 0.125. The zero-order chi connectivity index (χ0) is 28.6. The molecule has 2 heterocycles. The van der Waals surface area contributed by atoms with Gasteiger partial charge in [0.2, 0.25) is 12.3 Å². The van der Waals surface area contributed by atoms with Crippen LogP contribution in [0.2, 0.25) is 0 Å². The lowest BCUT2D eigenvalue weighted by molar-refractivity contribution is -0.683. The van der Waals surface area contributed by atoms with Gasteiger partial charge >= 0.3 is 12.1 Å². The molecule has 204 valence electrons. The molecule has 0 saturated carbocycles. The van der Waals surface area contributed by atoms with Crippen LogP contribution < -0.4 is 20.1 Å². The van der Waals surface area contributed by atoms with E-state index >= 15 is 0 Å². The summed E-state index contributed by atoms with van der Waals surface area (Å²) in [4.78, 5) is 39.1. The molecule has 0 radical (unpaired) electrons. The number of methoxy groups -OCH3 is 1. The van der Waals surface area contributed by atoms with Crippen molar-refractivity contribution in [2.24, 2.45) is 0 Å². The van der Waals surface area contributed by atoms with E-state index in [0.29, 0.717) is 5.56 Å². The number of esters is 1. The maximum Gasteiger partial charge on any atom is 0.423 e. The predicted molar refractivity (Wildman–Crippen MR) is 130 cm³/mol. The summed E-state index contributed by atoms with van der Waals surface area (Å²) in [5.74, 6) is -3.24. The van der Waals surface area contributed by atoms with Gasteiger partial charge in [-0.1, -0.05) is 30.3 Å². The molecule has 2 aromatic heterocycles. The van der Waals surface area contributed by atoms with E-state index in [-0.39, 0.29) is 34.8 Å². The highest BCUT2D eigenvalue weighted by Gasteiger charge is 2.40. The predicted octanol–water partition coefficient (Wildman–Crippen LogP) is 2.16. The summed E-state index contributed by atoms with van der Waals surface area (Å²) in [6.45, 7) is 0.0166. The number of nitrogens with zero attached hydrogens (tertiary/aromatic N) is 2. The minimum absolute atomic E-state index is 0.0163. The lowest BCUT2D eigenvalue weighted by Crippen LogP contribution is -2.37. The second kappa shape index (κ2) is 12.2. The van der Waals surface area contributed by atoms with Gasteiger partial charge in [-0.05, 0) is 12.1 Å². The molecule has 0 aliphatic heterocycles. The van der Waals surface area contributed by atoms with Crippen molar-refractivity contribution in [3.05, 3.63) is 90.4 Å². The van der Waals surface area contributed by atoms with Crippen molar-refractivity contribution in [2.45, 2.75) is 17.6 Å². The first-order valence-electron chi connectivity index (χ1n) is 10.9. The molecule has 39 heavy (non-hydrogen) atoms. The molecule has 0 unspecified atom stereocenters. The third-order valence-electron chi connectivity index (χ3n) is 4.91. The Morgan fingerprint density at radius 2 is 1.69 bits per heavy atom. The summed E-state index contributed by atoms with van der Waals surface area (Å²) < 4.78 is 71.8. The van der Waals surface area contributed by atoms with Crippen LogP contribution in [0, 0.1) is 0 Å². The molecule has 3 N–H and O–H groups in total. The number of aromatic nitrogens is 2. The molecule has 3 aromatic rings. The number of hydrogen-bond donors (Lipinski definition) is 3. The molecule has 0 fully saturated rings. The van der Waals surface area contributed by atoms with E-state index in [1.165, 1.54) is 41.2 Å². The summed E-state index contributed by atoms with van der Waals surface area (Å²) in [7, 11) is -3.29. The number of alkyl halides is 3. The third-order valence-corrected chi connectivity index (χ3v) is 6.31. The van der Waals surface area contributed by atoms with E-state index in [1.807, 2.05) is 5.43 Å². The van der Waals surface area contributed by atoms with Crippen LogP contribution in [0.5, 0.6) is 0 Å². The van der Waals surface area contributed by atoms with Crippen molar-refractivity contribution >= 4 is 39.2 Å². The van der Waals surface area contributed by atoms with Gasteiger partial charge in [0.1, 0.15) is 11.4 Å². The van der Waals surface area contributed by atoms with Crippen LogP contribution in [0.25, 0.3) is 0 Å². The van der Waals surface area contributed by atoms with Gasteiger partial charge < -0.3 is 4.74 Å². The number of rotatable bonds is 10. The zero-order valence-electron chi connectivity index (χ0n) is 20.1. The SMILES string of the molecule is COC(=O)/C(=C\C(=O)NNc1ccc(NS(=O)(=O)c2cc[n+](CC(=O)c3ccccc3)cc2)cn1)C(F)(F)F. The first kappa shape index (κ1) is 28.8. The van der Waals surface area contributed by atoms with Crippen LogP contribution in [0.1, 0.15) is 10.4 Å². The van der Waals surface area contributed by atoms with Crippen LogP contribution in [0.3, 0.4) is 0 Å². The second-order valence-electron chi connectivity index (χ2n) is 7.69. The van der Waals surface area contributed by atoms with E-state index in [1.54, 1.807) is 30.3 Å². The van der Waals surface area contributed by atoms with Gasteiger partial charge in [-0.15, -0.1) is 0 Å². The maximum atomic E-state index is 12.9. The topological polar surface area (TPSA) is 147 Å². The van der Waals surface area contributed by atoms with Gasteiger partial charge in [0.05, 0.1) is 23.9 Å². The van der Waals surface area contributed by atoms with Crippen molar-refractivity contribution in [3.8, 4) is 0 Å². The average molecular weight is 565 g/mol. The van der Waals surface area contributed by atoms with E-state index in [0.717, 1.165) is 13.3 Å². The zero-order valence-corrected chi connectivity index (χ0v) is 20.9. The fourth-order valence-electron chi connectivity index (χ4n) is 3.01. The van der Waals surface area contributed by atoms with E-state index in [9.17, 15) is 36.0 Å². The van der Waals surface area contributed by atoms with E-state index in [4.69, 9.17) is 0 Å². The number of ether oxygens (including phenoxy) is 1. The number of pyridine rings is 2. The first-order valence-corrected chi connectivity index (χ1v) is 12.4. The Bertz CT molecular complexity index is 1480. The minimum Gasteiger partial charge on any atom is -0.465 e. The molecular weight excluding hydrogens is 543 g/mol. The highest BCUT2D eigenvalue weighted by molar-refractivity contribution is 7.92. The number of nitrogens with one attached hydrogen (secondary N) is 3. The molecule has 0 spiro atoms. The number of carbonyl (C=O) groups is 3. The maximum absolute atomic E-state index is 12.9. The third kappa shape index (κ3) is 8.10. The highest BCUT2D eigenvalue weighted by Crippen LogP contribution is 2.26. The van der Waals surface area contributed by atoms with Crippen LogP contribution >= 0.6 is 0 Å². The number of sulfonamides is 1. The number of hydrazine groups is 1. The number of benzene rings is 1. The molecule has 15 heteroatoms. The van der Waals surface area contributed by atoms with Crippen molar-refractivity contribution in [1.82, 2.24) is 10.4 Å². The molecule has 0 saturated heterocycles. The molecule has 0 atom stereocenters. The molecule has 11 nitrogen and oxygen atoms in total. The summed E-state index contributed by atoms with van der Waals surface area (Å²) >= 11 is 0. The van der Waals surface area contributed by atoms with Crippen molar-refractivity contribution in [2.75, 3.05) is 17.3 Å². The average Bonchev–Trinajstić information content (AvgIpc) is 2.91. The van der Waals surface area contributed by atoms with Gasteiger partial charge in [0.15, 0.2) is 12.4 Å². The molecule has 0 aliphatic rings. The highest BCUT2D eigenvalue weighted by atomic mass is 32.2. The molecule has 0 aliphatic carbocycles. The number of amides is 1. The van der Waals surface area contributed by atoms with Gasteiger partial charge in [-0.25, -0.2) is 18.2 Å². The Kier molecular flexibility index (Phi) is 8.98. The largest absolute Gasteiger partial charge is 0.465 e. The summed E-state index contributed by atoms with van der Waals surface area (Å²) in [6.07, 6.45) is -1.11. The molecule has 1 amide bonds. The van der Waals surface area contributed by atoms with Crippen LogP contribution in [0.4, 0.5) is 24.7 Å². The Morgan fingerprint density at radius 1 is 1.03 bits per heavy atom. The number of hydrogen-bond acceptors (Lipinski definition) is 8. The first-order chi connectivity index (χ1) is 18.4. The molecule has 3 rings (SSSR count). The number of halogens is 3. The number of ketones is 1. The Morgan fingerprint density at radius 3 is 2.26 bits per heavy atom. The standard InChI is InChI=1S/C24H20F3N5O6S/c1-38-23(35)19(24(25,26)27)13-22(34)30-29-21-8-7-17(14-28-21)31-39(36,37)18-9-11-32(12-10-18)15-20(33)16-5-3-2-4-6-16/h2-14H,15H2,1H3,(H2-,28,29,30,31,34,35)/p+1. The van der Waals surface area contributed by atoms with Crippen LogP contribution in [0.15, 0.2) is 89.7 Å². The normalized spacial score (nSPS) is 11.8. The van der Waals surface area contributed by atoms with Gasteiger partial charge in [-0.3, -0.25) is 25.2 Å². The Labute approximate surface area is 220 Å². The molecule has 1 aromatic carbocycles. The van der Waals surface area contributed by atoms with Crippen LogP contribution in [-0.4, -0.2) is 44.3 Å². The lowest BCUT2D eigenvalue weighted by Gasteiger charge is -2.11. The quantitative estimate of drug-likeness (QED) is 0.112. The summed E-state index contributed by atoms with van der Waals surface area (Å²) in [5.41, 5.74) is 2.90. The monoisotopic (exact) mass is 564 g/mol. The Balaban J connectivity index is 1.59. The minimum atomic E-state index is -5.11. The number of anilines is 2. The van der Waals surface area contributed by atoms with Crippen molar-refractivity contribution in [3.63, 3.8) is 0 Å². The lowest BCUT2D eigenvalue weighted by atomic mass is 10.1. The van der Waals surface area contributed by atoms with Crippen molar-refractivity contribution < 1.29 is 45.3 Å². The molecular formula is C24H21F3N5O6S+. The fourth-order valence-corrected chi connectivity index (χ4v) is 4.04. The van der Waals surface area contributed by atoms with Crippen LogP contribution in [-0.2, 0) is 30.9 Å².